The first-order valence-corrected chi connectivity index (χ1v) is 8.24. The number of aryl methyl sites for hydroxylation is 3. The average Bonchev–Trinajstić information content (AvgIpc) is 3.01. The van der Waals surface area contributed by atoms with Crippen molar-refractivity contribution in [3.63, 3.8) is 0 Å². The van der Waals surface area contributed by atoms with Gasteiger partial charge < -0.3 is 9.32 Å². The molecule has 3 rings (SSSR count). The summed E-state index contributed by atoms with van der Waals surface area (Å²) in [4.78, 5) is 14.2. The molecule has 0 atom stereocenters. The van der Waals surface area contributed by atoms with Crippen LogP contribution in [-0.2, 0) is 18.3 Å². The minimum absolute atomic E-state index is 0.183. The van der Waals surface area contributed by atoms with Crippen molar-refractivity contribution < 1.29 is 9.21 Å². The van der Waals surface area contributed by atoms with Crippen molar-refractivity contribution in [2.75, 3.05) is 13.1 Å². The standard InChI is InChI=1S/C16H23N5O2/c1-12-11-13(20(2)19-12)16-18-17-14(23-16)7-8-15(22)21-9-5-3-4-6-10-21/h11H,3-10H2,1-2H3. The first kappa shape index (κ1) is 15.7. The molecule has 1 saturated heterocycles. The maximum Gasteiger partial charge on any atom is 0.265 e. The van der Waals surface area contributed by atoms with E-state index in [2.05, 4.69) is 15.3 Å². The van der Waals surface area contributed by atoms with E-state index in [0.717, 1.165) is 37.3 Å². The van der Waals surface area contributed by atoms with Gasteiger partial charge in [-0.3, -0.25) is 9.48 Å². The Balaban J connectivity index is 1.58. The zero-order valence-electron chi connectivity index (χ0n) is 13.8. The zero-order valence-corrected chi connectivity index (χ0v) is 13.8. The van der Waals surface area contributed by atoms with E-state index in [9.17, 15) is 4.79 Å². The van der Waals surface area contributed by atoms with Crippen LogP contribution in [0.2, 0.25) is 0 Å². The van der Waals surface area contributed by atoms with Crippen molar-refractivity contribution >= 4 is 5.91 Å². The van der Waals surface area contributed by atoms with Gasteiger partial charge in [0.15, 0.2) is 0 Å². The highest BCUT2D eigenvalue weighted by atomic mass is 16.4. The SMILES string of the molecule is Cc1cc(-c2nnc(CCC(=O)N3CCCCCC3)o2)n(C)n1. The van der Waals surface area contributed by atoms with Gasteiger partial charge in [0.1, 0.15) is 5.69 Å². The van der Waals surface area contributed by atoms with E-state index < -0.39 is 0 Å². The molecule has 1 aliphatic heterocycles. The smallest absolute Gasteiger partial charge is 0.265 e. The van der Waals surface area contributed by atoms with Crippen LogP contribution in [-0.4, -0.2) is 43.9 Å². The van der Waals surface area contributed by atoms with Gasteiger partial charge >= 0.3 is 0 Å². The van der Waals surface area contributed by atoms with Gasteiger partial charge in [-0.15, -0.1) is 10.2 Å². The number of aromatic nitrogens is 4. The van der Waals surface area contributed by atoms with Gasteiger partial charge in [-0.1, -0.05) is 12.8 Å². The Morgan fingerprint density at radius 1 is 1.22 bits per heavy atom. The number of rotatable bonds is 4. The molecule has 1 amide bonds. The fourth-order valence-corrected chi connectivity index (χ4v) is 2.96. The molecular formula is C16H23N5O2. The van der Waals surface area contributed by atoms with E-state index in [1.54, 1.807) is 4.68 Å². The third kappa shape index (κ3) is 3.78. The molecule has 0 aromatic carbocycles. The minimum atomic E-state index is 0.183. The van der Waals surface area contributed by atoms with E-state index in [1.807, 2.05) is 24.9 Å². The molecule has 7 heteroatoms. The number of carbonyl (C=O) groups is 1. The third-order valence-corrected chi connectivity index (χ3v) is 4.20. The molecule has 0 saturated carbocycles. The predicted molar refractivity (Wildman–Crippen MR) is 84.6 cm³/mol. The Morgan fingerprint density at radius 2 is 1.96 bits per heavy atom. The topological polar surface area (TPSA) is 77.0 Å². The molecule has 0 N–H and O–H groups in total. The first-order valence-electron chi connectivity index (χ1n) is 8.24. The Hall–Kier alpha value is -2.18. The molecule has 0 unspecified atom stereocenters. The lowest BCUT2D eigenvalue weighted by atomic mass is 10.2. The Morgan fingerprint density at radius 3 is 2.61 bits per heavy atom. The minimum Gasteiger partial charge on any atom is -0.419 e. The highest BCUT2D eigenvalue weighted by molar-refractivity contribution is 5.76. The molecular weight excluding hydrogens is 294 g/mol. The number of likely N-dealkylation sites (tertiary alicyclic amines) is 1. The fraction of sp³-hybridized carbons (Fsp3) is 0.625. The summed E-state index contributed by atoms with van der Waals surface area (Å²) in [6.07, 6.45) is 5.57. The fourth-order valence-electron chi connectivity index (χ4n) is 2.96. The van der Waals surface area contributed by atoms with Gasteiger partial charge in [-0.25, -0.2) is 0 Å². The lowest BCUT2D eigenvalue weighted by molar-refractivity contribution is -0.131. The second-order valence-corrected chi connectivity index (χ2v) is 6.09. The summed E-state index contributed by atoms with van der Waals surface area (Å²) in [6, 6.07) is 1.90. The van der Waals surface area contributed by atoms with Gasteiger partial charge in [-0.2, -0.15) is 5.10 Å². The van der Waals surface area contributed by atoms with Crippen molar-refractivity contribution in [2.45, 2.75) is 45.4 Å². The predicted octanol–water partition coefficient (Wildman–Crippen LogP) is 2.11. The number of hydrogen-bond acceptors (Lipinski definition) is 5. The zero-order chi connectivity index (χ0) is 16.2. The quantitative estimate of drug-likeness (QED) is 0.863. The number of carbonyl (C=O) groups excluding carboxylic acids is 1. The van der Waals surface area contributed by atoms with Crippen LogP contribution in [0.5, 0.6) is 0 Å². The average molecular weight is 317 g/mol. The first-order chi connectivity index (χ1) is 11.1. The molecule has 2 aromatic rings. The lowest BCUT2D eigenvalue weighted by Crippen LogP contribution is -2.31. The van der Waals surface area contributed by atoms with Gasteiger partial charge in [-0.05, 0) is 25.8 Å². The number of amides is 1. The van der Waals surface area contributed by atoms with E-state index >= 15 is 0 Å². The molecule has 1 aliphatic rings. The molecule has 0 aliphatic carbocycles. The highest BCUT2D eigenvalue weighted by Gasteiger charge is 2.18. The van der Waals surface area contributed by atoms with Crippen molar-refractivity contribution in [3.05, 3.63) is 17.7 Å². The Kier molecular flexibility index (Phi) is 4.73. The van der Waals surface area contributed by atoms with Gasteiger partial charge in [0.2, 0.25) is 11.8 Å². The third-order valence-electron chi connectivity index (χ3n) is 4.20. The molecule has 0 radical (unpaired) electrons. The molecule has 1 fully saturated rings. The number of nitrogens with zero attached hydrogens (tertiary/aromatic N) is 5. The van der Waals surface area contributed by atoms with Crippen LogP contribution in [0.25, 0.3) is 11.6 Å². The molecule has 0 bridgehead atoms. The molecule has 0 spiro atoms. The van der Waals surface area contributed by atoms with Crippen LogP contribution in [0.3, 0.4) is 0 Å². The largest absolute Gasteiger partial charge is 0.419 e. The molecule has 2 aromatic heterocycles. The van der Waals surface area contributed by atoms with E-state index in [-0.39, 0.29) is 5.91 Å². The summed E-state index contributed by atoms with van der Waals surface area (Å²) < 4.78 is 7.39. The van der Waals surface area contributed by atoms with Crippen molar-refractivity contribution in [3.8, 4) is 11.6 Å². The second-order valence-electron chi connectivity index (χ2n) is 6.09. The summed E-state index contributed by atoms with van der Waals surface area (Å²) >= 11 is 0. The Bertz CT molecular complexity index is 668. The summed E-state index contributed by atoms with van der Waals surface area (Å²) in [5.41, 5.74) is 1.69. The summed E-state index contributed by atoms with van der Waals surface area (Å²) in [5, 5.41) is 12.4. The van der Waals surface area contributed by atoms with E-state index in [0.29, 0.717) is 24.6 Å². The monoisotopic (exact) mass is 317 g/mol. The second kappa shape index (κ2) is 6.93. The summed E-state index contributed by atoms with van der Waals surface area (Å²) in [6.45, 7) is 3.67. The van der Waals surface area contributed by atoms with E-state index in [1.165, 1.54) is 12.8 Å². The number of hydrogen-bond donors (Lipinski definition) is 0. The lowest BCUT2D eigenvalue weighted by Gasteiger charge is -2.19. The Labute approximate surface area is 135 Å². The van der Waals surface area contributed by atoms with Crippen LogP contribution in [0, 0.1) is 6.92 Å². The van der Waals surface area contributed by atoms with Crippen LogP contribution >= 0.6 is 0 Å². The van der Waals surface area contributed by atoms with Crippen LogP contribution in [0.1, 0.15) is 43.7 Å². The van der Waals surface area contributed by atoms with Crippen molar-refractivity contribution in [1.29, 1.82) is 0 Å². The van der Waals surface area contributed by atoms with Gasteiger partial charge in [0, 0.05) is 33.0 Å². The summed E-state index contributed by atoms with van der Waals surface area (Å²) in [5.74, 6) is 1.13. The van der Waals surface area contributed by atoms with Gasteiger partial charge in [0.05, 0.1) is 5.69 Å². The molecule has 23 heavy (non-hydrogen) atoms. The van der Waals surface area contributed by atoms with E-state index in [4.69, 9.17) is 4.42 Å². The van der Waals surface area contributed by atoms with Crippen LogP contribution < -0.4 is 0 Å². The van der Waals surface area contributed by atoms with Crippen LogP contribution in [0.15, 0.2) is 10.5 Å². The van der Waals surface area contributed by atoms with Crippen molar-refractivity contribution in [2.24, 2.45) is 7.05 Å². The molecule has 7 nitrogen and oxygen atoms in total. The molecule has 3 heterocycles. The highest BCUT2D eigenvalue weighted by Crippen LogP contribution is 2.19. The normalized spacial score (nSPS) is 15.7. The molecule has 124 valence electrons. The summed E-state index contributed by atoms with van der Waals surface area (Å²) in [7, 11) is 1.84. The van der Waals surface area contributed by atoms with Crippen molar-refractivity contribution in [1.82, 2.24) is 24.9 Å². The maximum absolute atomic E-state index is 12.3. The van der Waals surface area contributed by atoms with Gasteiger partial charge in [0.25, 0.3) is 5.89 Å². The maximum atomic E-state index is 12.3. The van der Waals surface area contributed by atoms with Crippen LogP contribution in [0.4, 0.5) is 0 Å².